The van der Waals surface area contributed by atoms with Crippen molar-refractivity contribution in [2.24, 2.45) is 0 Å². The van der Waals surface area contributed by atoms with Gasteiger partial charge in [-0.3, -0.25) is 4.79 Å². The van der Waals surface area contributed by atoms with Gasteiger partial charge in [-0.05, 0) is 35.7 Å². The van der Waals surface area contributed by atoms with Gasteiger partial charge in [0.25, 0.3) is 5.56 Å². The molecule has 0 spiro atoms. The maximum Gasteiger partial charge on any atom is 0.262 e. The lowest BCUT2D eigenvalue weighted by Crippen LogP contribution is -2.14. The van der Waals surface area contributed by atoms with E-state index in [0.29, 0.717) is 39.0 Å². The zero-order valence-electron chi connectivity index (χ0n) is 17.4. The molecule has 0 fully saturated rings. The quantitative estimate of drug-likeness (QED) is 0.383. The molecule has 0 unspecified atom stereocenters. The molecule has 0 saturated carbocycles. The Kier molecular flexibility index (Phi) is 6.07. The zero-order chi connectivity index (χ0) is 23.2. The van der Waals surface area contributed by atoms with Gasteiger partial charge in [0.1, 0.15) is 16.9 Å². The van der Waals surface area contributed by atoms with Crippen molar-refractivity contribution >= 4 is 45.8 Å². The van der Waals surface area contributed by atoms with Crippen LogP contribution in [0.5, 0.6) is 11.5 Å². The standard InChI is InChI=1S/C22H19Cl3N4O3/c1-10(2)19-18-21(29(28-19)20-13(24)8-12(23)9-14(20)25)26-17(27-22(18)31)7-11-4-5-16(32-3)15(30)6-11/h4-6,8-10,30H,7H2,1-3H3,(H,26,27,31). The molecule has 0 atom stereocenters. The molecule has 4 rings (SSSR count). The molecular formula is C22H19Cl3N4O3. The van der Waals surface area contributed by atoms with E-state index in [9.17, 15) is 9.90 Å². The number of phenols is 1. The van der Waals surface area contributed by atoms with Crippen LogP contribution in [-0.2, 0) is 6.42 Å². The fourth-order valence-electron chi connectivity index (χ4n) is 3.52. The average Bonchev–Trinajstić information content (AvgIpc) is 3.07. The van der Waals surface area contributed by atoms with Crippen molar-refractivity contribution < 1.29 is 9.84 Å². The first kappa shape index (κ1) is 22.5. The summed E-state index contributed by atoms with van der Waals surface area (Å²) in [5.41, 5.74) is 1.71. The van der Waals surface area contributed by atoms with Crippen molar-refractivity contribution in [3.05, 3.63) is 72.8 Å². The average molecular weight is 494 g/mol. The number of halogens is 3. The van der Waals surface area contributed by atoms with Gasteiger partial charge in [-0.15, -0.1) is 0 Å². The Labute approximate surface area is 198 Å². The summed E-state index contributed by atoms with van der Waals surface area (Å²) in [6.07, 6.45) is 0.271. The van der Waals surface area contributed by atoms with Crippen LogP contribution in [0.4, 0.5) is 0 Å². The van der Waals surface area contributed by atoms with E-state index >= 15 is 0 Å². The summed E-state index contributed by atoms with van der Waals surface area (Å²) in [5.74, 6) is 0.707. The molecule has 32 heavy (non-hydrogen) atoms. The molecule has 4 aromatic rings. The third kappa shape index (κ3) is 4.03. The lowest BCUT2D eigenvalue weighted by atomic mass is 10.1. The lowest BCUT2D eigenvalue weighted by molar-refractivity contribution is 0.373. The first-order valence-corrected chi connectivity index (χ1v) is 10.9. The minimum Gasteiger partial charge on any atom is -0.504 e. The Balaban J connectivity index is 1.92. The maximum atomic E-state index is 13.0. The number of methoxy groups -OCH3 is 1. The molecule has 0 aliphatic rings. The predicted molar refractivity (Wildman–Crippen MR) is 126 cm³/mol. The van der Waals surface area contributed by atoms with Crippen LogP contribution in [0.25, 0.3) is 16.7 Å². The van der Waals surface area contributed by atoms with E-state index in [1.54, 1.807) is 30.3 Å². The van der Waals surface area contributed by atoms with Crippen LogP contribution >= 0.6 is 34.8 Å². The van der Waals surface area contributed by atoms with Gasteiger partial charge in [0.2, 0.25) is 0 Å². The minimum absolute atomic E-state index is 0.000267. The fourth-order valence-corrected chi connectivity index (χ4v) is 4.49. The van der Waals surface area contributed by atoms with Crippen LogP contribution in [0, 0.1) is 0 Å². The number of nitrogens with zero attached hydrogens (tertiary/aromatic N) is 3. The van der Waals surface area contributed by atoms with E-state index in [2.05, 4.69) is 15.1 Å². The van der Waals surface area contributed by atoms with Gasteiger partial charge in [-0.1, -0.05) is 54.7 Å². The van der Waals surface area contributed by atoms with E-state index in [1.165, 1.54) is 11.8 Å². The topological polar surface area (TPSA) is 93.0 Å². The molecule has 0 aliphatic carbocycles. The Morgan fingerprint density at radius 3 is 2.44 bits per heavy atom. The normalized spacial score (nSPS) is 11.5. The van der Waals surface area contributed by atoms with Gasteiger partial charge in [-0.25, -0.2) is 9.67 Å². The van der Waals surface area contributed by atoms with Crippen LogP contribution in [0.15, 0.2) is 35.1 Å². The Morgan fingerprint density at radius 1 is 1.16 bits per heavy atom. The van der Waals surface area contributed by atoms with E-state index < -0.39 is 0 Å². The van der Waals surface area contributed by atoms with E-state index in [-0.39, 0.29) is 33.7 Å². The van der Waals surface area contributed by atoms with Gasteiger partial charge >= 0.3 is 0 Å². The predicted octanol–water partition coefficient (Wildman–Crippen LogP) is 5.50. The van der Waals surface area contributed by atoms with Crippen molar-refractivity contribution in [2.75, 3.05) is 7.11 Å². The number of aromatic amines is 1. The SMILES string of the molecule is COc1ccc(Cc2nc3c(c(C(C)C)nn3-c3c(Cl)cc(Cl)cc3Cl)c(=O)[nH]2)cc1O. The maximum absolute atomic E-state index is 13.0. The molecule has 0 aliphatic heterocycles. The number of fused-ring (bicyclic) bond motifs is 1. The molecule has 2 aromatic carbocycles. The Morgan fingerprint density at radius 2 is 1.84 bits per heavy atom. The van der Waals surface area contributed by atoms with Gasteiger partial charge < -0.3 is 14.8 Å². The van der Waals surface area contributed by atoms with Crippen LogP contribution in [0.1, 0.15) is 36.8 Å². The van der Waals surface area contributed by atoms with Gasteiger partial charge in [0.05, 0.1) is 22.8 Å². The number of nitrogens with one attached hydrogen (secondary N) is 1. The number of ether oxygens (including phenoxy) is 1. The third-order valence-corrected chi connectivity index (χ3v) is 5.76. The van der Waals surface area contributed by atoms with E-state index in [0.717, 1.165) is 5.56 Å². The molecular weight excluding hydrogens is 475 g/mol. The molecule has 166 valence electrons. The number of H-pyrrole nitrogens is 1. The second kappa shape index (κ2) is 8.65. The van der Waals surface area contributed by atoms with Crippen LogP contribution in [-0.4, -0.2) is 32.0 Å². The van der Waals surface area contributed by atoms with Crippen molar-refractivity contribution in [1.82, 2.24) is 19.7 Å². The highest BCUT2D eigenvalue weighted by Crippen LogP contribution is 2.35. The largest absolute Gasteiger partial charge is 0.504 e. The molecule has 10 heteroatoms. The number of hydrogen-bond acceptors (Lipinski definition) is 5. The third-order valence-electron chi connectivity index (χ3n) is 4.97. The number of phenolic OH excluding ortho intramolecular Hbond substituents is 1. The molecule has 2 N–H and O–H groups in total. The number of benzene rings is 2. The van der Waals surface area contributed by atoms with E-state index in [1.807, 2.05) is 13.8 Å². The van der Waals surface area contributed by atoms with Crippen molar-refractivity contribution in [3.8, 4) is 17.2 Å². The Hall–Kier alpha value is -2.74. The highest BCUT2D eigenvalue weighted by molar-refractivity contribution is 6.40. The van der Waals surface area contributed by atoms with Crippen molar-refractivity contribution in [1.29, 1.82) is 0 Å². The fraction of sp³-hybridized carbons (Fsp3) is 0.227. The molecule has 0 saturated heterocycles. The van der Waals surface area contributed by atoms with Crippen LogP contribution in [0.2, 0.25) is 15.1 Å². The second-order valence-electron chi connectivity index (χ2n) is 7.56. The molecule has 0 bridgehead atoms. The van der Waals surface area contributed by atoms with Gasteiger partial charge in [0, 0.05) is 11.4 Å². The first-order chi connectivity index (χ1) is 15.2. The number of hydrogen-bond donors (Lipinski definition) is 2. The highest BCUT2D eigenvalue weighted by atomic mass is 35.5. The lowest BCUT2D eigenvalue weighted by Gasteiger charge is -2.09. The Bertz CT molecular complexity index is 1370. The summed E-state index contributed by atoms with van der Waals surface area (Å²) in [6.45, 7) is 3.87. The summed E-state index contributed by atoms with van der Waals surface area (Å²) >= 11 is 18.9. The van der Waals surface area contributed by atoms with Gasteiger partial charge in [-0.2, -0.15) is 5.10 Å². The highest BCUT2D eigenvalue weighted by Gasteiger charge is 2.23. The smallest absolute Gasteiger partial charge is 0.262 e. The second-order valence-corrected chi connectivity index (χ2v) is 8.81. The number of rotatable bonds is 5. The molecule has 0 radical (unpaired) electrons. The van der Waals surface area contributed by atoms with Crippen molar-refractivity contribution in [3.63, 3.8) is 0 Å². The summed E-state index contributed by atoms with van der Waals surface area (Å²) in [6, 6.07) is 8.11. The summed E-state index contributed by atoms with van der Waals surface area (Å²) in [7, 11) is 1.47. The summed E-state index contributed by atoms with van der Waals surface area (Å²) < 4.78 is 6.56. The van der Waals surface area contributed by atoms with Crippen LogP contribution < -0.4 is 10.3 Å². The van der Waals surface area contributed by atoms with Gasteiger partial charge in [0.15, 0.2) is 17.1 Å². The molecule has 0 amide bonds. The molecule has 2 heterocycles. The number of aromatic nitrogens is 4. The zero-order valence-corrected chi connectivity index (χ0v) is 19.7. The van der Waals surface area contributed by atoms with Crippen molar-refractivity contribution in [2.45, 2.75) is 26.2 Å². The van der Waals surface area contributed by atoms with Crippen LogP contribution in [0.3, 0.4) is 0 Å². The number of aromatic hydroxyl groups is 1. The monoisotopic (exact) mass is 492 g/mol. The summed E-state index contributed by atoms with van der Waals surface area (Å²) in [5, 5.41) is 16.0. The summed E-state index contributed by atoms with van der Waals surface area (Å²) in [4.78, 5) is 20.5. The molecule has 2 aromatic heterocycles. The van der Waals surface area contributed by atoms with E-state index in [4.69, 9.17) is 39.5 Å². The minimum atomic E-state index is -0.320. The first-order valence-electron chi connectivity index (χ1n) is 9.72. The molecule has 7 nitrogen and oxygen atoms in total.